The predicted molar refractivity (Wildman–Crippen MR) is 91.7 cm³/mol. The minimum absolute atomic E-state index is 0.315. The number of rotatable bonds is 6. The van der Waals surface area contributed by atoms with Gasteiger partial charge in [0.05, 0.1) is 0 Å². The SMILES string of the molecule is CC(C)c1nc(C2CCCN(CCNC3CCCCC3)C2)no1. The van der Waals surface area contributed by atoms with E-state index in [4.69, 9.17) is 4.52 Å². The molecule has 2 aliphatic rings. The Hall–Kier alpha value is -0.940. The van der Waals surface area contributed by atoms with E-state index in [1.54, 1.807) is 0 Å². The molecule has 1 aromatic rings. The molecular weight excluding hydrogens is 288 g/mol. The molecule has 1 atom stereocenters. The molecular formula is C18H32N4O. The third-order valence-corrected chi connectivity index (χ3v) is 5.29. The van der Waals surface area contributed by atoms with E-state index in [9.17, 15) is 0 Å². The predicted octanol–water partition coefficient (Wildman–Crippen LogP) is 3.29. The zero-order valence-corrected chi connectivity index (χ0v) is 14.8. The second-order valence-electron chi connectivity index (χ2n) is 7.57. The minimum atomic E-state index is 0.315. The van der Waals surface area contributed by atoms with Gasteiger partial charge in [0.2, 0.25) is 5.89 Å². The van der Waals surface area contributed by atoms with Gasteiger partial charge in [0, 0.05) is 37.5 Å². The van der Waals surface area contributed by atoms with Crippen molar-refractivity contribution in [3.8, 4) is 0 Å². The van der Waals surface area contributed by atoms with Crippen LogP contribution in [0.3, 0.4) is 0 Å². The van der Waals surface area contributed by atoms with Crippen LogP contribution in [-0.2, 0) is 0 Å². The van der Waals surface area contributed by atoms with E-state index in [1.807, 2.05) is 0 Å². The lowest BCUT2D eigenvalue weighted by Crippen LogP contribution is -2.41. The van der Waals surface area contributed by atoms with E-state index >= 15 is 0 Å². The molecule has 5 heteroatoms. The summed E-state index contributed by atoms with van der Waals surface area (Å²) >= 11 is 0. The summed E-state index contributed by atoms with van der Waals surface area (Å²) in [5.41, 5.74) is 0. The second kappa shape index (κ2) is 8.25. The van der Waals surface area contributed by atoms with Crippen molar-refractivity contribution in [2.75, 3.05) is 26.2 Å². The van der Waals surface area contributed by atoms with Gasteiger partial charge in [-0.05, 0) is 32.2 Å². The first-order valence-corrected chi connectivity index (χ1v) is 9.51. The van der Waals surface area contributed by atoms with Gasteiger partial charge in [0.25, 0.3) is 0 Å². The van der Waals surface area contributed by atoms with Gasteiger partial charge in [-0.25, -0.2) is 0 Å². The highest BCUT2D eigenvalue weighted by Gasteiger charge is 2.25. The number of hydrogen-bond donors (Lipinski definition) is 1. The molecule has 1 N–H and O–H groups in total. The molecule has 5 nitrogen and oxygen atoms in total. The van der Waals surface area contributed by atoms with Gasteiger partial charge < -0.3 is 14.7 Å². The molecule has 2 heterocycles. The summed E-state index contributed by atoms with van der Waals surface area (Å²) in [4.78, 5) is 7.17. The Bertz CT molecular complexity index is 467. The highest BCUT2D eigenvalue weighted by Crippen LogP contribution is 2.26. The first-order chi connectivity index (χ1) is 11.2. The van der Waals surface area contributed by atoms with Crippen LogP contribution in [0.15, 0.2) is 4.52 Å². The summed E-state index contributed by atoms with van der Waals surface area (Å²) in [7, 11) is 0. The normalized spacial score (nSPS) is 24.4. The van der Waals surface area contributed by atoms with E-state index < -0.39 is 0 Å². The van der Waals surface area contributed by atoms with Gasteiger partial charge in [0.1, 0.15) is 0 Å². The van der Waals surface area contributed by atoms with Crippen LogP contribution in [0, 0.1) is 0 Å². The first-order valence-electron chi connectivity index (χ1n) is 9.51. The highest BCUT2D eigenvalue weighted by molar-refractivity contribution is 5.00. The van der Waals surface area contributed by atoms with E-state index in [2.05, 4.69) is 34.2 Å². The molecule has 2 fully saturated rings. The zero-order chi connectivity index (χ0) is 16.1. The van der Waals surface area contributed by atoms with Crippen molar-refractivity contribution < 1.29 is 4.52 Å². The molecule has 1 saturated carbocycles. The summed E-state index contributed by atoms with van der Waals surface area (Å²) < 4.78 is 5.38. The summed E-state index contributed by atoms with van der Waals surface area (Å²) in [5, 5.41) is 7.97. The van der Waals surface area contributed by atoms with Gasteiger partial charge in [-0.2, -0.15) is 4.98 Å². The quantitative estimate of drug-likeness (QED) is 0.871. The smallest absolute Gasteiger partial charge is 0.229 e. The second-order valence-corrected chi connectivity index (χ2v) is 7.57. The van der Waals surface area contributed by atoms with Crippen LogP contribution in [0.4, 0.5) is 0 Å². The number of nitrogens with zero attached hydrogens (tertiary/aromatic N) is 3. The highest BCUT2D eigenvalue weighted by atomic mass is 16.5. The Labute approximate surface area is 140 Å². The van der Waals surface area contributed by atoms with Gasteiger partial charge >= 0.3 is 0 Å². The third kappa shape index (κ3) is 4.77. The number of aromatic nitrogens is 2. The van der Waals surface area contributed by atoms with Crippen LogP contribution in [0.25, 0.3) is 0 Å². The lowest BCUT2D eigenvalue weighted by molar-refractivity contribution is 0.198. The monoisotopic (exact) mass is 320 g/mol. The molecule has 1 unspecified atom stereocenters. The van der Waals surface area contributed by atoms with Crippen LogP contribution in [0.1, 0.15) is 82.3 Å². The maximum absolute atomic E-state index is 5.38. The molecule has 1 aromatic heterocycles. The van der Waals surface area contributed by atoms with Gasteiger partial charge in [-0.3, -0.25) is 0 Å². The summed E-state index contributed by atoms with van der Waals surface area (Å²) in [6, 6.07) is 0.759. The van der Waals surface area contributed by atoms with Crippen molar-refractivity contribution in [3.63, 3.8) is 0 Å². The maximum Gasteiger partial charge on any atom is 0.229 e. The molecule has 3 rings (SSSR count). The molecule has 0 spiro atoms. The van der Waals surface area contributed by atoms with Crippen molar-refractivity contribution in [2.45, 2.75) is 76.7 Å². The van der Waals surface area contributed by atoms with E-state index in [1.165, 1.54) is 51.5 Å². The summed E-state index contributed by atoms with van der Waals surface area (Å²) in [6.45, 7) is 8.73. The van der Waals surface area contributed by atoms with Gasteiger partial charge in [-0.15, -0.1) is 0 Å². The fraction of sp³-hybridized carbons (Fsp3) is 0.889. The van der Waals surface area contributed by atoms with Crippen LogP contribution < -0.4 is 5.32 Å². The average Bonchev–Trinajstić information content (AvgIpc) is 3.07. The Morgan fingerprint density at radius 2 is 2.00 bits per heavy atom. The summed E-state index contributed by atoms with van der Waals surface area (Å²) in [6.07, 6.45) is 9.38. The lowest BCUT2D eigenvalue weighted by atomic mass is 9.95. The number of piperidine rings is 1. The third-order valence-electron chi connectivity index (χ3n) is 5.29. The van der Waals surface area contributed by atoms with Crippen LogP contribution >= 0.6 is 0 Å². The van der Waals surface area contributed by atoms with Gasteiger partial charge in [-0.1, -0.05) is 38.3 Å². The van der Waals surface area contributed by atoms with Crippen molar-refractivity contribution in [1.82, 2.24) is 20.4 Å². The molecule has 0 aromatic carbocycles. The van der Waals surface area contributed by atoms with Crippen molar-refractivity contribution >= 4 is 0 Å². The number of likely N-dealkylation sites (tertiary alicyclic amines) is 1. The molecule has 1 saturated heterocycles. The Balaban J connectivity index is 1.44. The zero-order valence-electron chi connectivity index (χ0n) is 14.8. The number of nitrogens with one attached hydrogen (secondary N) is 1. The molecule has 0 bridgehead atoms. The molecule has 0 radical (unpaired) electrons. The fourth-order valence-corrected chi connectivity index (χ4v) is 3.85. The van der Waals surface area contributed by atoms with E-state index in [-0.39, 0.29) is 0 Å². The van der Waals surface area contributed by atoms with Crippen LogP contribution in [0.2, 0.25) is 0 Å². The Kier molecular flexibility index (Phi) is 6.06. The van der Waals surface area contributed by atoms with Crippen LogP contribution in [0.5, 0.6) is 0 Å². The average molecular weight is 320 g/mol. The van der Waals surface area contributed by atoms with Crippen molar-refractivity contribution in [3.05, 3.63) is 11.7 Å². The summed E-state index contributed by atoms with van der Waals surface area (Å²) in [5.74, 6) is 2.44. The van der Waals surface area contributed by atoms with Crippen molar-refractivity contribution in [1.29, 1.82) is 0 Å². The van der Waals surface area contributed by atoms with Crippen LogP contribution in [-0.4, -0.2) is 47.3 Å². The molecule has 1 aliphatic carbocycles. The Morgan fingerprint density at radius 3 is 2.74 bits per heavy atom. The first kappa shape index (κ1) is 16.9. The topological polar surface area (TPSA) is 54.2 Å². The van der Waals surface area contributed by atoms with E-state index in [0.717, 1.165) is 37.4 Å². The lowest BCUT2D eigenvalue weighted by Gasteiger charge is -2.32. The van der Waals surface area contributed by atoms with Crippen molar-refractivity contribution in [2.24, 2.45) is 0 Å². The van der Waals surface area contributed by atoms with E-state index in [0.29, 0.717) is 11.8 Å². The molecule has 130 valence electrons. The molecule has 23 heavy (non-hydrogen) atoms. The largest absolute Gasteiger partial charge is 0.339 e. The standard InChI is InChI=1S/C18H32N4O/c1-14(2)18-20-17(21-23-18)15-7-6-11-22(13-15)12-10-19-16-8-4-3-5-9-16/h14-16,19H,3-13H2,1-2H3. The minimum Gasteiger partial charge on any atom is -0.339 e. The number of hydrogen-bond acceptors (Lipinski definition) is 5. The maximum atomic E-state index is 5.38. The molecule has 1 aliphatic heterocycles. The Morgan fingerprint density at radius 1 is 1.17 bits per heavy atom. The van der Waals surface area contributed by atoms with Gasteiger partial charge in [0.15, 0.2) is 5.82 Å². The fourth-order valence-electron chi connectivity index (χ4n) is 3.85. The molecule has 0 amide bonds.